The number of nitrogens with one attached hydrogen (secondary N) is 2. The number of likely N-dealkylation sites (N-methyl/N-ethyl adjacent to an activating group) is 1. The first-order valence-electron chi connectivity index (χ1n) is 17.8. The highest BCUT2D eigenvalue weighted by Gasteiger charge is 2.27. The summed E-state index contributed by atoms with van der Waals surface area (Å²) in [5.41, 5.74) is 5.69. The molecule has 2 aromatic carbocycles. The number of aryl methyl sites for hydroxylation is 1. The van der Waals surface area contributed by atoms with Crippen LogP contribution >= 0.6 is 18.7 Å². The summed E-state index contributed by atoms with van der Waals surface area (Å²) >= 11 is 6.63. The summed E-state index contributed by atoms with van der Waals surface area (Å²) in [5, 5.41) is 12.1. The Morgan fingerprint density at radius 3 is 2.50 bits per heavy atom. The summed E-state index contributed by atoms with van der Waals surface area (Å²) in [6.07, 6.45) is 12.2. The first kappa shape index (κ1) is 36.1. The zero-order valence-corrected chi connectivity index (χ0v) is 32.2. The molecule has 2 aliphatic heterocycles. The van der Waals surface area contributed by atoms with Crippen molar-refractivity contribution >= 4 is 63.9 Å². The first-order chi connectivity index (χ1) is 25.1. The number of fused-ring (bicyclic) bond motifs is 1. The highest BCUT2D eigenvalue weighted by atomic mass is 35.5. The van der Waals surface area contributed by atoms with Gasteiger partial charge in [-0.1, -0.05) is 11.6 Å². The van der Waals surface area contributed by atoms with Crippen molar-refractivity contribution in [3.05, 3.63) is 60.3 Å². The van der Waals surface area contributed by atoms with E-state index in [-0.39, 0.29) is 0 Å². The second-order valence-corrected chi connectivity index (χ2v) is 17.8. The van der Waals surface area contributed by atoms with Crippen molar-refractivity contribution in [3.63, 3.8) is 0 Å². The van der Waals surface area contributed by atoms with E-state index in [1.54, 1.807) is 32.8 Å². The minimum absolute atomic E-state index is 0.308. The largest absolute Gasteiger partial charge is 0.494 e. The maximum Gasteiger partial charge on any atom is 0.229 e. The number of nitrogens with zero attached hydrogens (tertiary/aromatic N) is 9. The number of piperidine rings is 1. The Balaban J connectivity index is 1.15. The lowest BCUT2D eigenvalue weighted by molar-refractivity contribution is 0.216. The average molecular weight is 744 g/mol. The van der Waals surface area contributed by atoms with Crippen molar-refractivity contribution in [2.75, 3.05) is 88.8 Å². The van der Waals surface area contributed by atoms with Gasteiger partial charge in [0.05, 0.1) is 41.7 Å². The van der Waals surface area contributed by atoms with Gasteiger partial charge in [-0.3, -0.25) is 14.6 Å². The number of hydrogen-bond donors (Lipinski definition) is 2. The van der Waals surface area contributed by atoms with Crippen LogP contribution in [0.5, 0.6) is 5.75 Å². The second kappa shape index (κ2) is 15.4. The molecule has 0 aliphatic carbocycles. The number of benzene rings is 2. The number of methoxy groups -OCH3 is 1. The molecule has 3 aromatic heterocycles. The molecule has 0 radical (unpaired) electrons. The van der Waals surface area contributed by atoms with E-state index in [4.69, 9.17) is 21.3 Å². The Kier molecular flexibility index (Phi) is 10.7. The van der Waals surface area contributed by atoms with Crippen LogP contribution in [-0.4, -0.2) is 113 Å². The van der Waals surface area contributed by atoms with Gasteiger partial charge in [-0.25, -0.2) is 4.98 Å². The van der Waals surface area contributed by atoms with Gasteiger partial charge in [0.2, 0.25) is 5.95 Å². The number of anilines is 5. The topological polar surface area (TPSA) is 129 Å². The molecule has 0 unspecified atom stereocenters. The van der Waals surface area contributed by atoms with Gasteiger partial charge in [0.25, 0.3) is 0 Å². The molecule has 0 saturated carbocycles. The minimum atomic E-state index is -2.79. The molecular weight excluding hydrogens is 697 g/mol. The van der Waals surface area contributed by atoms with E-state index in [1.165, 1.54) is 32.3 Å². The number of aromatic nitrogens is 6. The van der Waals surface area contributed by atoms with Gasteiger partial charge in [-0.05, 0) is 76.8 Å². The second-order valence-electron chi connectivity index (χ2n) is 14.2. The summed E-state index contributed by atoms with van der Waals surface area (Å²) in [4.78, 5) is 25.7. The Morgan fingerprint density at radius 2 is 1.75 bits per heavy atom. The maximum atomic E-state index is 13.5. The Labute approximate surface area is 310 Å². The van der Waals surface area contributed by atoms with Crippen LogP contribution in [0.3, 0.4) is 0 Å². The zero-order valence-electron chi connectivity index (χ0n) is 30.5. The number of ether oxygens (including phenoxy) is 1. The third kappa shape index (κ3) is 8.02. The lowest BCUT2D eigenvalue weighted by Gasteiger charge is -2.37. The number of rotatable bonds is 10. The van der Waals surface area contributed by atoms with Crippen LogP contribution in [0.4, 0.5) is 28.8 Å². The standard InChI is InChI=1S/C37H47ClN11O2P/c1-46-13-6-14-48(18-17-46)23-25-9-15-49(16-10-25)32-20-33(51-3)31(19-27(32)26-21-42-47(2)24-26)44-37-41-22-28(38)36(45-37)43-30-8-7-29-34(40-12-11-39-29)35(30)52(4,5)50/h7-8,11-12,19-22,24-25H,6,9-10,13-18,23H2,1-5H3,(H2,41,43,44,45). The summed E-state index contributed by atoms with van der Waals surface area (Å²) in [6, 6.07) is 7.85. The van der Waals surface area contributed by atoms with Crippen molar-refractivity contribution in [1.82, 2.24) is 39.5 Å². The van der Waals surface area contributed by atoms with Crippen LogP contribution in [0, 0.1) is 5.92 Å². The van der Waals surface area contributed by atoms with Gasteiger partial charge >= 0.3 is 0 Å². The van der Waals surface area contributed by atoms with Crippen LogP contribution in [-0.2, 0) is 11.6 Å². The molecule has 274 valence electrons. The molecule has 0 amide bonds. The van der Waals surface area contributed by atoms with Crippen molar-refractivity contribution in [3.8, 4) is 16.9 Å². The number of hydrogen-bond acceptors (Lipinski definition) is 12. The highest BCUT2D eigenvalue weighted by molar-refractivity contribution is 7.71. The van der Waals surface area contributed by atoms with Crippen LogP contribution in [0.2, 0.25) is 5.02 Å². The fraction of sp³-hybridized carbons (Fsp3) is 0.432. The molecule has 5 aromatic rings. The predicted octanol–water partition coefficient (Wildman–Crippen LogP) is 6.07. The lowest BCUT2D eigenvalue weighted by Crippen LogP contribution is -2.40. The van der Waals surface area contributed by atoms with Crippen molar-refractivity contribution in [2.45, 2.75) is 19.3 Å². The molecule has 2 N–H and O–H groups in total. The van der Waals surface area contributed by atoms with Gasteiger partial charge < -0.3 is 34.6 Å². The summed E-state index contributed by atoms with van der Waals surface area (Å²) < 4.78 is 21.3. The quantitative estimate of drug-likeness (QED) is 0.161. The van der Waals surface area contributed by atoms with E-state index in [2.05, 4.69) is 64.6 Å². The molecule has 7 rings (SSSR count). The SMILES string of the molecule is COc1cc(N2CCC(CN3CCCN(C)CC3)CC2)c(-c2cnn(C)c2)cc1Nc1ncc(Cl)c(Nc2ccc3nccnc3c2P(C)(C)=O)n1. The maximum absolute atomic E-state index is 13.5. The zero-order chi connectivity index (χ0) is 36.4. The van der Waals surface area contributed by atoms with E-state index in [0.29, 0.717) is 56.2 Å². The van der Waals surface area contributed by atoms with Crippen LogP contribution in [0.1, 0.15) is 19.3 Å². The van der Waals surface area contributed by atoms with Crippen LogP contribution in [0.25, 0.3) is 22.2 Å². The van der Waals surface area contributed by atoms with Crippen molar-refractivity contribution in [1.29, 1.82) is 0 Å². The fourth-order valence-electron chi connectivity index (χ4n) is 7.32. The summed E-state index contributed by atoms with van der Waals surface area (Å²) in [5.74, 6) is 2.03. The summed E-state index contributed by atoms with van der Waals surface area (Å²) in [6.45, 7) is 11.2. The van der Waals surface area contributed by atoms with E-state index < -0.39 is 7.14 Å². The Hall–Kier alpha value is -4.29. The van der Waals surface area contributed by atoms with Crippen molar-refractivity contribution < 1.29 is 9.30 Å². The third-order valence-corrected chi connectivity index (χ3v) is 11.8. The van der Waals surface area contributed by atoms with Gasteiger partial charge in [0.15, 0.2) is 5.82 Å². The fourth-order valence-corrected chi connectivity index (χ4v) is 8.86. The normalized spacial score (nSPS) is 16.6. The molecule has 52 heavy (non-hydrogen) atoms. The molecular formula is C37H47ClN11O2P. The molecule has 13 nitrogen and oxygen atoms in total. The van der Waals surface area contributed by atoms with E-state index in [9.17, 15) is 4.57 Å². The number of halogens is 1. The molecule has 2 fully saturated rings. The average Bonchev–Trinajstić information content (AvgIpc) is 3.46. The van der Waals surface area contributed by atoms with Gasteiger partial charge in [0.1, 0.15) is 23.4 Å². The van der Waals surface area contributed by atoms with E-state index in [0.717, 1.165) is 55.8 Å². The van der Waals surface area contributed by atoms with Gasteiger partial charge in [0, 0.05) is 81.2 Å². The van der Waals surface area contributed by atoms with Crippen molar-refractivity contribution in [2.24, 2.45) is 13.0 Å². The molecule has 5 heterocycles. The third-order valence-electron chi connectivity index (χ3n) is 10.0. The minimum Gasteiger partial charge on any atom is -0.494 e. The van der Waals surface area contributed by atoms with Gasteiger partial charge in [-0.15, -0.1) is 0 Å². The van der Waals surface area contributed by atoms with Crippen LogP contribution < -0.4 is 25.6 Å². The summed E-state index contributed by atoms with van der Waals surface area (Å²) in [7, 11) is 3.03. The smallest absolute Gasteiger partial charge is 0.229 e. The Morgan fingerprint density at radius 1 is 0.942 bits per heavy atom. The molecule has 2 saturated heterocycles. The molecule has 15 heteroatoms. The molecule has 0 spiro atoms. The van der Waals surface area contributed by atoms with Crippen LogP contribution in [0.15, 0.2) is 55.2 Å². The monoisotopic (exact) mass is 743 g/mol. The lowest BCUT2D eigenvalue weighted by atomic mass is 9.94. The van der Waals surface area contributed by atoms with Gasteiger partial charge in [-0.2, -0.15) is 10.1 Å². The van der Waals surface area contributed by atoms with E-state index >= 15 is 0 Å². The highest BCUT2D eigenvalue weighted by Crippen LogP contribution is 2.43. The molecule has 0 atom stereocenters. The Bertz CT molecular complexity index is 2100. The van der Waals surface area contributed by atoms with E-state index in [1.807, 2.05) is 36.3 Å². The molecule has 0 bridgehead atoms. The molecule has 2 aliphatic rings. The first-order valence-corrected chi connectivity index (χ1v) is 20.8. The predicted molar refractivity (Wildman–Crippen MR) is 211 cm³/mol.